The van der Waals surface area contributed by atoms with Crippen molar-refractivity contribution in [2.45, 2.75) is 6.54 Å². The number of ether oxygens (including phenoxy) is 1. The van der Waals surface area contributed by atoms with Crippen LogP contribution < -0.4 is 27.4 Å². The van der Waals surface area contributed by atoms with Crippen molar-refractivity contribution >= 4 is 28.8 Å². The van der Waals surface area contributed by atoms with Crippen LogP contribution in [0.2, 0.25) is 5.02 Å². The summed E-state index contributed by atoms with van der Waals surface area (Å²) in [5, 5.41) is 13.2. The molecule has 2 heterocycles. The van der Waals surface area contributed by atoms with E-state index in [1.165, 1.54) is 0 Å². The van der Waals surface area contributed by atoms with Gasteiger partial charge in [-0.1, -0.05) is 11.6 Å². The molecule has 0 saturated heterocycles. The van der Waals surface area contributed by atoms with Gasteiger partial charge in [0.1, 0.15) is 30.0 Å². The summed E-state index contributed by atoms with van der Waals surface area (Å²) < 4.78 is 8.89. The van der Waals surface area contributed by atoms with Gasteiger partial charge in [0.05, 0.1) is 19.9 Å². The van der Waals surface area contributed by atoms with Gasteiger partial charge in [-0.2, -0.15) is 5.10 Å². The average Bonchev–Trinajstić information content (AvgIpc) is 2.95. The Balaban J connectivity index is 0.00000243. The number of aryl methyl sites for hydroxylation is 1. The van der Waals surface area contributed by atoms with Gasteiger partial charge in [-0.25, -0.2) is 9.25 Å². The molecule has 2 N–H and O–H groups in total. The van der Waals surface area contributed by atoms with Crippen molar-refractivity contribution in [3.63, 3.8) is 0 Å². The first-order valence-electron chi connectivity index (χ1n) is 7.57. The number of rotatable bonds is 5. The molecule has 3 rings (SSSR count). The molecule has 0 aliphatic carbocycles. The van der Waals surface area contributed by atoms with Crippen molar-refractivity contribution in [1.82, 2.24) is 9.78 Å². The SMILES string of the molecule is COc1ccc(Cl)cc1N=Nc1cnn(Cc2cc[n+](C)cc2)c1N.[Cl-]. The zero-order chi connectivity index (χ0) is 17.8. The number of anilines is 1. The lowest BCUT2D eigenvalue weighted by Gasteiger charge is -2.04. The number of nitrogens with two attached hydrogens (primary N) is 1. The minimum absolute atomic E-state index is 0. The van der Waals surface area contributed by atoms with E-state index >= 15 is 0 Å². The molecule has 0 amide bonds. The molecule has 0 spiro atoms. The quantitative estimate of drug-likeness (QED) is 0.504. The van der Waals surface area contributed by atoms with Crippen LogP contribution in [0, 0.1) is 0 Å². The molecule has 9 heteroatoms. The first kappa shape index (κ1) is 19.7. The zero-order valence-corrected chi connectivity index (χ0v) is 15.8. The number of methoxy groups -OCH3 is 1. The molecular weight excluding hydrogens is 375 g/mol. The second-order valence-electron chi connectivity index (χ2n) is 5.46. The molecule has 0 aliphatic rings. The van der Waals surface area contributed by atoms with Crippen molar-refractivity contribution in [3.8, 4) is 5.75 Å². The molecule has 0 fully saturated rings. The van der Waals surface area contributed by atoms with Crippen LogP contribution in [0.5, 0.6) is 5.75 Å². The van der Waals surface area contributed by atoms with Crippen LogP contribution in [0.1, 0.15) is 5.56 Å². The predicted molar refractivity (Wildman–Crippen MR) is 95.5 cm³/mol. The maximum absolute atomic E-state index is 6.13. The topological polar surface area (TPSA) is 81.7 Å². The second-order valence-corrected chi connectivity index (χ2v) is 5.90. The van der Waals surface area contributed by atoms with Gasteiger partial charge < -0.3 is 22.9 Å². The Morgan fingerprint density at radius 1 is 1.19 bits per heavy atom. The summed E-state index contributed by atoms with van der Waals surface area (Å²) in [7, 11) is 3.53. The molecule has 1 aromatic carbocycles. The maximum Gasteiger partial charge on any atom is 0.168 e. The fraction of sp³-hybridized carbons (Fsp3) is 0.176. The Hall–Kier alpha value is -2.64. The van der Waals surface area contributed by atoms with Crippen LogP contribution in [0.3, 0.4) is 0 Å². The van der Waals surface area contributed by atoms with E-state index in [4.69, 9.17) is 22.1 Å². The molecule has 0 radical (unpaired) electrons. The van der Waals surface area contributed by atoms with Crippen LogP contribution >= 0.6 is 11.6 Å². The van der Waals surface area contributed by atoms with Gasteiger partial charge in [0.15, 0.2) is 12.4 Å². The highest BCUT2D eigenvalue weighted by Crippen LogP contribution is 2.32. The lowest BCUT2D eigenvalue weighted by Crippen LogP contribution is -3.00. The molecule has 136 valence electrons. The first-order chi connectivity index (χ1) is 12.1. The van der Waals surface area contributed by atoms with Crippen molar-refractivity contribution in [3.05, 3.63) is 59.5 Å². The largest absolute Gasteiger partial charge is 1.00 e. The molecule has 0 saturated carbocycles. The van der Waals surface area contributed by atoms with Gasteiger partial charge in [-0.3, -0.25) is 0 Å². The normalized spacial score (nSPS) is 10.7. The molecule has 0 unspecified atom stereocenters. The summed E-state index contributed by atoms with van der Waals surface area (Å²) >= 11 is 5.99. The van der Waals surface area contributed by atoms with Gasteiger partial charge in [-0.05, 0) is 23.8 Å². The number of nitrogens with zero attached hydrogens (tertiary/aromatic N) is 5. The van der Waals surface area contributed by atoms with Crippen molar-refractivity contribution in [1.29, 1.82) is 0 Å². The molecular formula is C17H18Cl2N6O. The molecule has 0 bridgehead atoms. The molecule has 2 aromatic heterocycles. The number of nitrogen functional groups attached to an aromatic ring is 1. The number of benzene rings is 1. The molecule has 7 nitrogen and oxygen atoms in total. The van der Waals surface area contributed by atoms with E-state index in [9.17, 15) is 0 Å². The van der Waals surface area contributed by atoms with Crippen molar-refractivity contribution < 1.29 is 21.7 Å². The third-order valence-corrected chi connectivity index (χ3v) is 3.88. The Morgan fingerprint density at radius 3 is 2.58 bits per heavy atom. The fourth-order valence-corrected chi connectivity index (χ4v) is 2.41. The van der Waals surface area contributed by atoms with Crippen LogP contribution in [-0.4, -0.2) is 16.9 Å². The summed E-state index contributed by atoms with van der Waals surface area (Å²) in [4.78, 5) is 0. The van der Waals surface area contributed by atoms with E-state index in [1.807, 2.05) is 36.1 Å². The standard InChI is InChI=1S/C17H18ClN6O.ClH/c1-23-7-5-12(6-8-23)11-24-17(19)15(10-20-24)22-21-14-9-13(18)3-4-16(14)25-2;/h3-10H,11,19H2,1-2H3;1H/q+1;/p-1. The summed E-state index contributed by atoms with van der Waals surface area (Å²) in [6.07, 6.45) is 5.53. The minimum atomic E-state index is 0. The van der Waals surface area contributed by atoms with Crippen LogP contribution in [0.25, 0.3) is 0 Å². The van der Waals surface area contributed by atoms with E-state index in [0.717, 1.165) is 5.56 Å². The van der Waals surface area contributed by atoms with Gasteiger partial charge in [0, 0.05) is 17.2 Å². The average molecular weight is 393 g/mol. The number of hydrogen-bond acceptors (Lipinski definition) is 5. The van der Waals surface area contributed by atoms with Crippen LogP contribution in [0.4, 0.5) is 17.2 Å². The summed E-state index contributed by atoms with van der Waals surface area (Å²) in [5.41, 5.74) is 8.24. The van der Waals surface area contributed by atoms with Gasteiger partial charge in [-0.15, -0.1) is 10.2 Å². The highest BCUT2D eigenvalue weighted by atomic mass is 35.5. The summed E-state index contributed by atoms with van der Waals surface area (Å²) in [6, 6.07) is 9.16. The third kappa shape index (κ3) is 4.50. The first-order valence-corrected chi connectivity index (χ1v) is 7.95. The molecule has 0 aliphatic heterocycles. The summed E-state index contributed by atoms with van der Waals surface area (Å²) in [6.45, 7) is 0.558. The predicted octanol–water partition coefficient (Wildman–Crippen LogP) is 0.420. The number of pyridine rings is 1. The number of aromatic nitrogens is 3. The summed E-state index contributed by atoms with van der Waals surface area (Å²) in [5.74, 6) is 1.02. The van der Waals surface area contributed by atoms with Crippen LogP contribution in [0.15, 0.2) is 59.2 Å². The molecule has 26 heavy (non-hydrogen) atoms. The third-order valence-electron chi connectivity index (χ3n) is 3.65. The number of hydrogen-bond donors (Lipinski definition) is 1. The molecule has 3 aromatic rings. The van der Waals surface area contributed by atoms with E-state index in [1.54, 1.807) is 36.2 Å². The van der Waals surface area contributed by atoms with Gasteiger partial charge in [0.2, 0.25) is 0 Å². The molecule has 0 atom stereocenters. The highest BCUT2D eigenvalue weighted by Gasteiger charge is 2.09. The maximum atomic E-state index is 6.13. The van der Waals surface area contributed by atoms with Crippen molar-refractivity contribution in [2.75, 3.05) is 12.8 Å². The minimum Gasteiger partial charge on any atom is -1.00 e. The van der Waals surface area contributed by atoms with Gasteiger partial charge in [0.25, 0.3) is 0 Å². The van der Waals surface area contributed by atoms with Gasteiger partial charge >= 0.3 is 0 Å². The Morgan fingerprint density at radius 2 is 1.88 bits per heavy atom. The number of azo groups is 1. The lowest BCUT2D eigenvalue weighted by atomic mass is 10.3. The monoisotopic (exact) mass is 392 g/mol. The van der Waals surface area contributed by atoms with Crippen LogP contribution in [-0.2, 0) is 13.6 Å². The van der Waals surface area contributed by atoms with Crippen molar-refractivity contribution in [2.24, 2.45) is 17.3 Å². The second kappa shape index (κ2) is 8.64. The lowest BCUT2D eigenvalue weighted by molar-refractivity contribution is -0.671. The van der Waals surface area contributed by atoms with E-state index in [-0.39, 0.29) is 12.4 Å². The zero-order valence-electron chi connectivity index (χ0n) is 14.3. The highest BCUT2D eigenvalue weighted by molar-refractivity contribution is 6.30. The Labute approximate surface area is 162 Å². The number of halogens is 2. The Bertz CT molecular complexity index is 908. The fourth-order valence-electron chi connectivity index (χ4n) is 2.25. The van der Waals surface area contributed by atoms with E-state index in [2.05, 4.69) is 15.3 Å². The smallest absolute Gasteiger partial charge is 0.168 e. The van der Waals surface area contributed by atoms with E-state index < -0.39 is 0 Å². The Kier molecular flexibility index (Phi) is 6.54. The van der Waals surface area contributed by atoms with E-state index in [0.29, 0.717) is 34.5 Å².